The van der Waals surface area contributed by atoms with Gasteiger partial charge in [-0.05, 0) is 43.7 Å². The molecular weight excluding hydrogens is 416 g/mol. The van der Waals surface area contributed by atoms with Crippen LogP contribution in [0.5, 0.6) is 0 Å². The Bertz CT molecular complexity index is 972. The lowest BCUT2D eigenvalue weighted by Crippen LogP contribution is -2.17. The number of nitro groups is 1. The maximum atomic E-state index is 12.8. The van der Waals surface area contributed by atoms with Gasteiger partial charge >= 0.3 is 5.97 Å². The van der Waals surface area contributed by atoms with E-state index in [2.05, 4.69) is 12.2 Å². The maximum Gasteiger partial charge on any atom is 0.341 e. The van der Waals surface area contributed by atoms with E-state index in [9.17, 15) is 19.7 Å². The number of ether oxygens (including phenoxy) is 1. The molecule has 3 rings (SSSR count). The average Bonchev–Trinajstić information content (AvgIpc) is 3.04. The van der Waals surface area contributed by atoms with Crippen LogP contribution < -0.4 is 5.32 Å². The molecular formula is C20H21ClN2O5S. The van der Waals surface area contributed by atoms with Gasteiger partial charge in [-0.2, -0.15) is 0 Å². The predicted octanol–water partition coefficient (Wildman–Crippen LogP) is 5.25. The third-order valence-corrected chi connectivity index (χ3v) is 6.54. The van der Waals surface area contributed by atoms with Crippen LogP contribution in [0.25, 0.3) is 0 Å². The van der Waals surface area contributed by atoms with Crippen LogP contribution in [0.3, 0.4) is 0 Å². The molecule has 1 atom stereocenters. The minimum Gasteiger partial charge on any atom is -0.462 e. The van der Waals surface area contributed by atoms with Crippen molar-refractivity contribution in [2.24, 2.45) is 5.92 Å². The van der Waals surface area contributed by atoms with Gasteiger partial charge in [-0.1, -0.05) is 24.9 Å². The summed E-state index contributed by atoms with van der Waals surface area (Å²) in [6.07, 6.45) is 3.70. The summed E-state index contributed by atoms with van der Waals surface area (Å²) in [5.41, 5.74) is 1.26. The number of nitrogens with zero attached hydrogens (tertiary/aromatic N) is 1. The van der Waals surface area contributed by atoms with Gasteiger partial charge in [-0.25, -0.2) is 4.79 Å². The molecule has 154 valence electrons. The Morgan fingerprint density at radius 3 is 2.76 bits per heavy atom. The number of anilines is 1. The summed E-state index contributed by atoms with van der Waals surface area (Å²) in [5.74, 6) is -0.421. The first-order chi connectivity index (χ1) is 13.8. The van der Waals surface area contributed by atoms with Gasteiger partial charge < -0.3 is 10.1 Å². The van der Waals surface area contributed by atoms with Gasteiger partial charge in [0.1, 0.15) is 5.00 Å². The number of carbonyl (C=O) groups excluding carboxylic acids is 2. The molecule has 0 bridgehead atoms. The van der Waals surface area contributed by atoms with Crippen molar-refractivity contribution < 1.29 is 19.2 Å². The van der Waals surface area contributed by atoms with Gasteiger partial charge in [-0.15, -0.1) is 11.3 Å². The SMILES string of the molecule is CCOC(=O)c1c(NC(=O)c2ccc([N+](=O)[O-])cc2Cl)sc2c1CCC(CC)C2. The summed E-state index contributed by atoms with van der Waals surface area (Å²) in [4.78, 5) is 36.7. The third-order valence-electron chi connectivity index (χ3n) is 5.06. The smallest absolute Gasteiger partial charge is 0.341 e. The molecule has 0 radical (unpaired) electrons. The van der Waals surface area contributed by atoms with Crippen LogP contribution in [-0.4, -0.2) is 23.4 Å². The number of non-ortho nitro benzene ring substituents is 1. The van der Waals surface area contributed by atoms with Crippen molar-refractivity contribution in [1.82, 2.24) is 0 Å². The fourth-order valence-electron chi connectivity index (χ4n) is 3.48. The highest BCUT2D eigenvalue weighted by molar-refractivity contribution is 7.17. The summed E-state index contributed by atoms with van der Waals surface area (Å²) in [6, 6.07) is 3.66. The van der Waals surface area contributed by atoms with Crippen LogP contribution in [0.4, 0.5) is 10.7 Å². The van der Waals surface area contributed by atoms with E-state index in [1.54, 1.807) is 6.92 Å². The van der Waals surface area contributed by atoms with Crippen LogP contribution in [-0.2, 0) is 17.6 Å². The molecule has 1 amide bonds. The Kier molecular flexibility index (Phi) is 6.54. The zero-order valence-corrected chi connectivity index (χ0v) is 17.7. The van der Waals surface area contributed by atoms with Crippen LogP contribution in [0.2, 0.25) is 5.02 Å². The minimum absolute atomic E-state index is 0.0262. The lowest BCUT2D eigenvalue weighted by molar-refractivity contribution is -0.384. The Morgan fingerprint density at radius 2 is 2.14 bits per heavy atom. The quantitative estimate of drug-likeness (QED) is 0.378. The van der Waals surface area contributed by atoms with E-state index < -0.39 is 16.8 Å². The number of halogens is 1. The van der Waals surface area contributed by atoms with Crippen molar-refractivity contribution in [3.05, 3.63) is 54.9 Å². The van der Waals surface area contributed by atoms with Crippen molar-refractivity contribution in [2.45, 2.75) is 39.5 Å². The van der Waals surface area contributed by atoms with E-state index >= 15 is 0 Å². The highest BCUT2D eigenvalue weighted by atomic mass is 35.5. The molecule has 29 heavy (non-hydrogen) atoms. The van der Waals surface area contributed by atoms with Crippen molar-refractivity contribution in [2.75, 3.05) is 11.9 Å². The number of thiophene rings is 1. The molecule has 1 N–H and O–H groups in total. The molecule has 0 spiro atoms. The largest absolute Gasteiger partial charge is 0.462 e. The zero-order chi connectivity index (χ0) is 21.1. The Balaban J connectivity index is 1.94. The number of benzene rings is 1. The topological polar surface area (TPSA) is 98.5 Å². The fourth-order valence-corrected chi connectivity index (χ4v) is 5.09. The number of nitro benzene ring substituents is 1. The van der Waals surface area contributed by atoms with E-state index in [4.69, 9.17) is 16.3 Å². The van der Waals surface area contributed by atoms with Gasteiger partial charge in [0, 0.05) is 17.0 Å². The number of hydrogen-bond acceptors (Lipinski definition) is 6. The number of esters is 1. The summed E-state index contributed by atoms with van der Waals surface area (Å²) in [7, 11) is 0. The van der Waals surface area contributed by atoms with Gasteiger partial charge in [0.25, 0.3) is 11.6 Å². The second kappa shape index (κ2) is 8.92. The monoisotopic (exact) mass is 436 g/mol. The maximum absolute atomic E-state index is 12.8. The molecule has 1 aromatic heterocycles. The number of fused-ring (bicyclic) bond motifs is 1. The molecule has 1 aliphatic rings. The third kappa shape index (κ3) is 4.43. The van der Waals surface area contributed by atoms with E-state index in [0.717, 1.165) is 42.2 Å². The minimum atomic E-state index is -0.579. The second-order valence-electron chi connectivity index (χ2n) is 6.82. The number of nitrogens with one attached hydrogen (secondary N) is 1. The molecule has 0 saturated heterocycles. The number of amides is 1. The zero-order valence-electron chi connectivity index (χ0n) is 16.1. The molecule has 1 aromatic carbocycles. The second-order valence-corrected chi connectivity index (χ2v) is 8.33. The standard InChI is InChI=1S/C20H21ClN2O5S/c1-3-11-5-7-14-16(9-11)29-19(17(14)20(25)28-4-2)22-18(24)13-8-6-12(23(26)27)10-15(13)21/h6,8,10-11H,3-5,7,9H2,1-2H3,(H,22,24). The van der Waals surface area contributed by atoms with Gasteiger partial charge in [0.05, 0.1) is 27.7 Å². The summed E-state index contributed by atoms with van der Waals surface area (Å²) in [6.45, 7) is 4.12. The first kappa shape index (κ1) is 21.3. The molecule has 2 aromatic rings. The van der Waals surface area contributed by atoms with Crippen LogP contribution >= 0.6 is 22.9 Å². The van der Waals surface area contributed by atoms with Crippen LogP contribution in [0, 0.1) is 16.0 Å². The average molecular weight is 437 g/mol. The van der Waals surface area contributed by atoms with Gasteiger partial charge in [-0.3, -0.25) is 14.9 Å². The fraction of sp³-hybridized carbons (Fsp3) is 0.400. The molecule has 0 fully saturated rings. The van der Waals surface area contributed by atoms with Gasteiger partial charge in [0.15, 0.2) is 0 Å². The normalized spacial score (nSPS) is 15.5. The molecule has 0 saturated carbocycles. The Labute approximate surface area is 177 Å². The van der Waals surface area contributed by atoms with Crippen molar-refractivity contribution >= 4 is 45.5 Å². The number of rotatable bonds is 6. The Morgan fingerprint density at radius 1 is 1.38 bits per heavy atom. The Hall–Kier alpha value is -2.45. The summed E-state index contributed by atoms with van der Waals surface area (Å²) >= 11 is 7.46. The molecule has 1 heterocycles. The highest BCUT2D eigenvalue weighted by Crippen LogP contribution is 2.41. The van der Waals surface area contributed by atoms with E-state index in [1.807, 2.05) is 0 Å². The lowest BCUT2D eigenvalue weighted by atomic mass is 9.85. The molecule has 1 aliphatic carbocycles. The van der Waals surface area contributed by atoms with Crippen molar-refractivity contribution in [3.8, 4) is 0 Å². The molecule has 9 heteroatoms. The van der Waals surface area contributed by atoms with E-state index in [1.165, 1.54) is 23.5 Å². The molecule has 1 unspecified atom stereocenters. The molecule has 0 aliphatic heterocycles. The summed E-state index contributed by atoms with van der Waals surface area (Å²) in [5, 5.41) is 14.0. The lowest BCUT2D eigenvalue weighted by Gasteiger charge is -2.20. The van der Waals surface area contributed by atoms with E-state index in [-0.39, 0.29) is 22.9 Å². The predicted molar refractivity (Wildman–Crippen MR) is 112 cm³/mol. The van der Waals surface area contributed by atoms with Gasteiger partial charge in [0.2, 0.25) is 0 Å². The summed E-state index contributed by atoms with van der Waals surface area (Å²) < 4.78 is 5.21. The van der Waals surface area contributed by atoms with Crippen LogP contribution in [0.1, 0.15) is 57.8 Å². The van der Waals surface area contributed by atoms with Crippen LogP contribution in [0.15, 0.2) is 18.2 Å². The molecule has 7 nitrogen and oxygen atoms in total. The number of carbonyl (C=O) groups is 2. The van der Waals surface area contributed by atoms with Crippen molar-refractivity contribution in [3.63, 3.8) is 0 Å². The number of hydrogen-bond donors (Lipinski definition) is 1. The van der Waals surface area contributed by atoms with Crippen molar-refractivity contribution in [1.29, 1.82) is 0 Å². The first-order valence-corrected chi connectivity index (χ1v) is 10.6. The highest BCUT2D eigenvalue weighted by Gasteiger charge is 2.30. The first-order valence-electron chi connectivity index (χ1n) is 9.42. The van der Waals surface area contributed by atoms with E-state index in [0.29, 0.717) is 16.5 Å².